The van der Waals surface area contributed by atoms with Crippen LogP contribution >= 0.6 is 0 Å². The summed E-state index contributed by atoms with van der Waals surface area (Å²) in [5.74, 6) is -1.09. The van der Waals surface area contributed by atoms with Crippen LogP contribution in [0.15, 0.2) is 59.8 Å². The fourth-order valence-corrected chi connectivity index (χ4v) is 2.32. The van der Waals surface area contributed by atoms with Gasteiger partial charge in [0.1, 0.15) is 0 Å². The minimum atomic E-state index is -0.471. The molecular weight excluding hydrogens is 292 g/mol. The molecule has 0 fully saturated rings. The number of fused-ring (bicyclic) bond motifs is 1. The van der Waals surface area contributed by atoms with Gasteiger partial charge in [-0.25, -0.2) is 4.79 Å². The van der Waals surface area contributed by atoms with E-state index in [0.29, 0.717) is 5.56 Å². The molecule has 0 spiro atoms. The van der Waals surface area contributed by atoms with E-state index < -0.39 is 5.97 Å². The maximum Gasteiger partial charge on any atom is 0.337 e. The second-order valence-electron chi connectivity index (χ2n) is 5.50. The Hall–Kier alpha value is -2.95. The van der Waals surface area contributed by atoms with Crippen molar-refractivity contribution >= 4 is 29.0 Å². The maximum absolute atomic E-state index is 12.7. The largest absolute Gasteiger partial charge is 0.337 e. The van der Waals surface area contributed by atoms with E-state index in [1.165, 1.54) is 0 Å². The zero-order valence-corrected chi connectivity index (χ0v) is 12.9. The lowest BCUT2D eigenvalue weighted by Gasteiger charge is -2.16. The number of carbonyl (C=O) groups excluding carboxylic acids is 2. The van der Waals surface area contributed by atoms with Gasteiger partial charge >= 0.3 is 5.97 Å². The first-order valence-electron chi connectivity index (χ1n) is 7.37. The van der Waals surface area contributed by atoms with Gasteiger partial charge in [0.15, 0.2) is 5.71 Å². The summed E-state index contributed by atoms with van der Waals surface area (Å²) in [4.78, 5) is 30.8. The van der Waals surface area contributed by atoms with E-state index in [0.717, 1.165) is 11.4 Å². The number of hydrogen-bond acceptors (Lipinski definition) is 4. The summed E-state index contributed by atoms with van der Waals surface area (Å²) < 4.78 is 0. The Labute approximate surface area is 134 Å². The van der Waals surface area contributed by atoms with Crippen LogP contribution in [0.4, 0.5) is 11.4 Å². The van der Waals surface area contributed by atoms with Crippen molar-refractivity contribution in [1.82, 2.24) is 0 Å². The number of para-hydroxylation sites is 2. The molecule has 1 aliphatic rings. The van der Waals surface area contributed by atoms with Crippen molar-refractivity contribution in [2.75, 3.05) is 4.90 Å². The van der Waals surface area contributed by atoms with Gasteiger partial charge in [-0.1, -0.05) is 55.4 Å². The monoisotopic (exact) mass is 308 g/mol. The van der Waals surface area contributed by atoms with Gasteiger partial charge in [0.05, 0.1) is 11.6 Å². The van der Waals surface area contributed by atoms with Crippen molar-refractivity contribution < 1.29 is 14.4 Å². The highest BCUT2D eigenvalue weighted by Gasteiger charge is 2.35. The van der Waals surface area contributed by atoms with E-state index in [4.69, 9.17) is 4.84 Å². The van der Waals surface area contributed by atoms with E-state index in [2.05, 4.69) is 5.16 Å². The van der Waals surface area contributed by atoms with Gasteiger partial charge in [-0.15, -0.1) is 0 Å². The van der Waals surface area contributed by atoms with Crippen LogP contribution in [-0.2, 0) is 14.4 Å². The van der Waals surface area contributed by atoms with Crippen molar-refractivity contribution in [3.8, 4) is 0 Å². The van der Waals surface area contributed by atoms with Crippen molar-refractivity contribution in [1.29, 1.82) is 0 Å². The normalized spacial score (nSPS) is 15.2. The third-order valence-corrected chi connectivity index (χ3v) is 3.52. The fourth-order valence-electron chi connectivity index (χ4n) is 2.32. The van der Waals surface area contributed by atoms with Crippen LogP contribution in [0.5, 0.6) is 0 Å². The average Bonchev–Trinajstić information content (AvgIpc) is 2.85. The smallest absolute Gasteiger partial charge is 0.317 e. The molecule has 0 bridgehead atoms. The summed E-state index contributed by atoms with van der Waals surface area (Å²) >= 11 is 0. The molecule has 2 aromatic carbocycles. The Morgan fingerprint density at radius 3 is 2.39 bits per heavy atom. The number of benzene rings is 2. The number of hydrogen-bond donors (Lipinski definition) is 0. The quantitative estimate of drug-likeness (QED) is 0.646. The Bertz CT molecular complexity index is 782. The number of carbonyl (C=O) groups is 2. The molecule has 2 aromatic rings. The topological polar surface area (TPSA) is 59.0 Å². The number of anilines is 2. The van der Waals surface area contributed by atoms with E-state index >= 15 is 0 Å². The van der Waals surface area contributed by atoms with Gasteiger partial charge < -0.3 is 4.84 Å². The number of amides is 1. The Balaban J connectivity index is 2.02. The average molecular weight is 308 g/mol. The maximum atomic E-state index is 12.7. The number of oxime groups is 1. The third-order valence-electron chi connectivity index (χ3n) is 3.52. The molecule has 1 aliphatic heterocycles. The van der Waals surface area contributed by atoms with Crippen LogP contribution in [0, 0.1) is 5.92 Å². The van der Waals surface area contributed by atoms with Crippen LogP contribution in [0.3, 0.4) is 0 Å². The van der Waals surface area contributed by atoms with Crippen molar-refractivity contribution in [2.24, 2.45) is 11.1 Å². The Morgan fingerprint density at radius 1 is 1.04 bits per heavy atom. The molecule has 116 valence electrons. The van der Waals surface area contributed by atoms with Gasteiger partial charge in [-0.2, -0.15) is 0 Å². The molecule has 0 aliphatic carbocycles. The van der Waals surface area contributed by atoms with Crippen LogP contribution in [-0.4, -0.2) is 17.6 Å². The van der Waals surface area contributed by atoms with Crippen LogP contribution in [0.2, 0.25) is 0 Å². The van der Waals surface area contributed by atoms with Gasteiger partial charge in [-0.05, 0) is 18.2 Å². The summed E-state index contributed by atoms with van der Waals surface area (Å²) in [6, 6.07) is 16.6. The summed E-state index contributed by atoms with van der Waals surface area (Å²) in [7, 11) is 0. The lowest BCUT2D eigenvalue weighted by molar-refractivity contribution is -0.147. The Morgan fingerprint density at radius 2 is 1.70 bits per heavy atom. The highest BCUT2D eigenvalue weighted by atomic mass is 16.7. The molecule has 1 amide bonds. The second-order valence-corrected chi connectivity index (χ2v) is 5.50. The second kappa shape index (κ2) is 6.04. The van der Waals surface area contributed by atoms with Gasteiger partial charge in [-0.3, -0.25) is 9.69 Å². The molecule has 0 saturated carbocycles. The first-order valence-corrected chi connectivity index (χ1v) is 7.37. The zero-order valence-electron chi connectivity index (χ0n) is 12.9. The summed E-state index contributed by atoms with van der Waals surface area (Å²) in [5.41, 5.74) is 2.25. The molecule has 5 heteroatoms. The lowest BCUT2D eigenvalue weighted by atomic mass is 10.1. The van der Waals surface area contributed by atoms with E-state index in [9.17, 15) is 9.59 Å². The predicted molar refractivity (Wildman–Crippen MR) is 87.5 cm³/mol. The summed E-state index contributed by atoms with van der Waals surface area (Å²) in [5, 5.41) is 3.82. The van der Waals surface area contributed by atoms with E-state index in [1.807, 2.05) is 48.5 Å². The van der Waals surface area contributed by atoms with Crippen LogP contribution < -0.4 is 4.90 Å². The minimum Gasteiger partial charge on any atom is -0.317 e. The highest BCUT2D eigenvalue weighted by Crippen LogP contribution is 2.35. The molecule has 0 atom stereocenters. The third kappa shape index (κ3) is 2.73. The van der Waals surface area contributed by atoms with Gasteiger partial charge in [0.25, 0.3) is 5.91 Å². The molecule has 0 unspecified atom stereocenters. The summed E-state index contributed by atoms with van der Waals surface area (Å²) in [6.07, 6.45) is 0. The zero-order chi connectivity index (χ0) is 16.4. The molecule has 3 rings (SSSR count). The highest BCUT2D eigenvalue weighted by molar-refractivity contribution is 6.55. The standard InChI is InChI=1S/C18H16N2O3/c1-12(2)18(22)23-19-16-14-10-6-7-11-15(14)20(17(16)21)13-8-4-3-5-9-13/h3-12H,1-2H3/b19-16-. The van der Waals surface area contributed by atoms with Crippen molar-refractivity contribution in [2.45, 2.75) is 13.8 Å². The lowest BCUT2D eigenvalue weighted by Crippen LogP contribution is -2.26. The summed E-state index contributed by atoms with van der Waals surface area (Å²) in [6.45, 7) is 3.42. The SMILES string of the molecule is CC(C)C(=O)O/N=C1\C(=O)N(c2ccccc2)c2ccccc21. The van der Waals surface area contributed by atoms with Crippen LogP contribution in [0.1, 0.15) is 19.4 Å². The number of nitrogens with zero attached hydrogens (tertiary/aromatic N) is 2. The number of rotatable bonds is 3. The van der Waals surface area contributed by atoms with Crippen molar-refractivity contribution in [3.05, 3.63) is 60.2 Å². The minimum absolute atomic E-state index is 0.137. The molecule has 23 heavy (non-hydrogen) atoms. The first-order chi connectivity index (χ1) is 11.1. The fraction of sp³-hybridized carbons (Fsp3) is 0.167. The predicted octanol–water partition coefficient (Wildman–Crippen LogP) is 3.27. The van der Waals surface area contributed by atoms with Gasteiger partial charge in [0, 0.05) is 11.3 Å². The van der Waals surface area contributed by atoms with Crippen molar-refractivity contribution in [3.63, 3.8) is 0 Å². The van der Waals surface area contributed by atoms with Gasteiger partial charge in [0.2, 0.25) is 0 Å². The van der Waals surface area contributed by atoms with E-state index in [-0.39, 0.29) is 17.5 Å². The Kier molecular flexibility index (Phi) is 3.93. The molecular formula is C18H16N2O3. The first kappa shape index (κ1) is 15.0. The molecule has 5 nitrogen and oxygen atoms in total. The van der Waals surface area contributed by atoms with Crippen LogP contribution in [0.25, 0.3) is 0 Å². The molecule has 1 heterocycles. The molecule has 0 radical (unpaired) electrons. The molecule has 0 N–H and O–H groups in total. The molecule has 0 saturated heterocycles. The molecule has 0 aromatic heterocycles. The van der Waals surface area contributed by atoms with E-state index in [1.54, 1.807) is 24.8 Å².